The van der Waals surface area contributed by atoms with Gasteiger partial charge < -0.3 is 10.2 Å². The first kappa shape index (κ1) is 12.8. The van der Waals surface area contributed by atoms with Gasteiger partial charge in [0.2, 0.25) is 0 Å². The van der Waals surface area contributed by atoms with Gasteiger partial charge in [-0.15, -0.1) is 0 Å². The van der Waals surface area contributed by atoms with Crippen LogP contribution < -0.4 is 0 Å². The van der Waals surface area contributed by atoms with Gasteiger partial charge in [-0.2, -0.15) is 0 Å². The van der Waals surface area contributed by atoms with Crippen LogP contribution in [0.2, 0.25) is 0 Å². The number of nitrogens with zero attached hydrogens (tertiary/aromatic N) is 1. The second-order valence-electron chi connectivity index (χ2n) is 5.20. The van der Waals surface area contributed by atoms with Crippen LogP contribution in [0.25, 0.3) is 0 Å². The Morgan fingerprint density at radius 3 is 2.61 bits per heavy atom. The highest BCUT2D eigenvalue weighted by atomic mass is 19.1. The first-order valence-corrected chi connectivity index (χ1v) is 5.79. The van der Waals surface area contributed by atoms with Crippen molar-refractivity contribution in [1.29, 1.82) is 0 Å². The first-order valence-electron chi connectivity index (χ1n) is 5.79. The second kappa shape index (κ2) is 4.24. The lowest BCUT2D eigenvalue weighted by molar-refractivity contribution is -0.0860. The minimum atomic E-state index is -1.13. The molecule has 1 saturated heterocycles. The highest BCUT2D eigenvalue weighted by Gasteiger charge is 2.51. The summed E-state index contributed by atoms with van der Waals surface area (Å²) in [6, 6.07) is 5.30. The average molecular weight is 253 g/mol. The van der Waals surface area contributed by atoms with Crippen molar-refractivity contribution in [2.24, 2.45) is 0 Å². The molecular formula is C13H16FNO3. The van der Waals surface area contributed by atoms with E-state index in [2.05, 4.69) is 0 Å². The molecule has 2 N–H and O–H groups in total. The van der Waals surface area contributed by atoms with E-state index in [-0.39, 0.29) is 5.56 Å². The molecule has 18 heavy (non-hydrogen) atoms. The van der Waals surface area contributed by atoms with Gasteiger partial charge in [-0.25, -0.2) is 9.18 Å². The third-order valence-electron chi connectivity index (χ3n) is 3.49. The number of amides is 1. The number of rotatable bonds is 2. The largest absolute Gasteiger partial charge is 0.465 e. The summed E-state index contributed by atoms with van der Waals surface area (Å²) < 4.78 is 13.6. The Hall–Kier alpha value is -1.62. The van der Waals surface area contributed by atoms with Gasteiger partial charge in [-0.3, -0.25) is 4.90 Å². The zero-order valence-electron chi connectivity index (χ0n) is 10.3. The van der Waals surface area contributed by atoms with Crippen LogP contribution in [0.5, 0.6) is 0 Å². The van der Waals surface area contributed by atoms with Gasteiger partial charge in [0.15, 0.2) is 0 Å². The Balaban J connectivity index is 2.24. The molecule has 1 amide bonds. The first-order chi connectivity index (χ1) is 8.34. The van der Waals surface area contributed by atoms with Gasteiger partial charge in [0.25, 0.3) is 0 Å². The fraction of sp³-hybridized carbons (Fsp3) is 0.462. The third-order valence-corrected chi connectivity index (χ3v) is 3.49. The SMILES string of the molecule is CC1(C)C[C@@H]([C@@H](O)c2ccccc2F)N1C(=O)O. The smallest absolute Gasteiger partial charge is 0.408 e. The predicted octanol–water partition coefficient (Wildman–Crippen LogP) is 2.39. The summed E-state index contributed by atoms with van der Waals surface area (Å²) in [6.45, 7) is 3.57. The Morgan fingerprint density at radius 2 is 2.11 bits per heavy atom. The van der Waals surface area contributed by atoms with Crippen LogP contribution in [0, 0.1) is 5.82 Å². The van der Waals surface area contributed by atoms with Crippen LogP contribution in [-0.4, -0.2) is 32.8 Å². The Bertz CT molecular complexity index is 475. The van der Waals surface area contributed by atoms with Crippen molar-refractivity contribution in [1.82, 2.24) is 4.90 Å². The summed E-state index contributed by atoms with van der Waals surface area (Å²) in [5, 5.41) is 19.3. The minimum Gasteiger partial charge on any atom is -0.465 e. The monoisotopic (exact) mass is 253 g/mol. The van der Waals surface area contributed by atoms with Crippen molar-refractivity contribution < 1.29 is 19.4 Å². The summed E-state index contributed by atoms with van der Waals surface area (Å²) in [4.78, 5) is 12.3. The molecule has 2 atom stereocenters. The topological polar surface area (TPSA) is 60.8 Å². The summed E-state index contributed by atoms with van der Waals surface area (Å²) in [6.07, 6.45) is -1.71. The Labute approximate surface area is 105 Å². The normalized spacial score (nSPS) is 23.3. The standard InChI is InChI=1S/C13H16FNO3/c1-13(2)7-10(15(13)12(17)18)11(16)8-5-3-4-6-9(8)14/h3-6,10-11,16H,7H2,1-2H3,(H,17,18)/t10-,11-/m0/s1. The van der Waals surface area contributed by atoms with Gasteiger partial charge in [-0.05, 0) is 26.3 Å². The molecule has 1 heterocycles. The fourth-order valence-corrected chi connectivity index (χ4v) is 2.61. The zero-order valence-corrected chi connectivity index (χ0v) is 10.3. The van der Waals surface area contributed by atoms with Crippen LogP contribution in [0.4, 0.5) is 9.18 Å². The van der Waals surface area contributed by atoms with Gasteiger partial charge in [0.1, 0.15) is 11.9 Å². The lowest BCUT2D eigenvalue weighted by Crippen LogP contribution is -2.66. The van der Waals surface area contributed by atoms with Crippen molar-refractivity contribution in [2.45, 2.75) is 38.0 Å². The van der Waals surface area contributed by atoms with Crippen molar-refractivity contribution in [3.63, 3.8) is 0 Å². The molecule has 4 nitrogen and oxygen atoms in total. The number of hydrogen-bond acceptors (Lipinski definition) is 2. The lowest BCUT2D eigenvalue weighted by Gasteiger charge is -2.54. The molecule has 1 fully saturated rings. The molecule has 0 aromatic heterocycles. The van der Waals surface area contributed by atoms with E-state index in [0.29, 0.717) is 6.42 Å². The molecule has 1 aromatic rings. The van der Waals surface area contributed by atoms with Gasteiger partial charge in [0, 0.05) is 11.1 Å². The van der Waals surface area contributed by atoms with Crippen molar-refractivity contribution in [2.75, 3.05) is 0 Å². The van der Waals surface area contributed by atoms with Crippen LogP contribution >= 0.6 is 0 Å². The number of likely N-dealkylation sites (tertiary alicyclic amines) is 1. The van der Waals surface area contributed by atoms with Gasteiger partial charge >= 0.3 is 6.09 Å². The maximum atomic E-state index is 13.6. The van der Waals surface area contributed by atoms with E-state index >= 15 is 0 Å². The molecule has 98 valence electrons. The number of benzene rings is 1. The molecule has 2 rings (SSSR count). The number of aliphatic hydroxyl groups excluding tert-OH is 1. The molecule has 0 unspecified atom stereocenters. The molecule has 1 aliphatic heterocycles. The van der Waals surface area contributed by atoms with E-state index in [0.717, 1.165) is 0 Å². The second-order valence-corrected chi connectivity index (χ2v) is 5.20. The molecule has 0 radical (unpaired) electrons. The van der Waals surface area contributed by atoms with E-state index in [9.17, 15) is 14.3 Å². The molecule has 0 bridgehead atoms. The van der Waals surface area contributed by atoms with E-state index < -0.39 is 29.6 Å². The van der Waals surface area contributed by atoms with Crippen LogP contribution in [-0.2, 0) is 0 Å². The molecule has 0 saturated carbocycles. The maximum absolute atomic E-state index is 13.6. The van der Waals surface area contributed by atoms with E-state index in [1.165, 1.54) is 23.1 Å². The molecule has 1 aromatic carbocycles. The quantitative estimate of drug-likeness (QED) is 0.850. The number of halogens is 1. The average Bonchev–Trinajstić information content (AvgIpc) is 2.25. The number of carbonyl (C=O) groups is 1. The Morgan fingerprint density at radius 1 is 1.50 bits per heavy atom. The van der Waals surface area contributed by atoms with Gasteiger partial charge in [-0.1, -0.05) is 18.2 Å². The van der Waals surface area contributed by atoms with Crippen molar-refractivity contribution in [3.8, 4) is 0 Å². The molecular weight excluding hydrogens is 237 g/mol. The highest BCUT2D eigenvalue weighted by Crippen LogP contribution is 2.42. The number of hydrogen-bond donors (Lipinski definition) is 2. The molecule has 0 aliphatic carbocycles. The Kier molecular flexibility index (Phi) is 3.02. The predicted molar refractivity (Wildman–Crippen MR) is 63.7 cm³/mol. The summed E-state index contributed by atoms with van der Waals surface area (Å²) in [5.74, 6) is -0.514. The van der Waals surface area contributed by atoms with Crippen LogP contribution in [0.3, 0.4) is 0 Å². The zero-order chi connectivity index (χ0) is 13.5. The van der Waals surface area contributed by atoms with Crippen molar-refractivity contribution >= 4 is 6.09 Å². The highest BCUT2D eigenvalue weighted by molar-refractivity contribution is 5.68. The van der Waals surface area contributed by atoms with E-state index in [1.54, 1.807) is 19.9 Å². The molecule has 5 heteroatoms. The molecule has 0 spiro atoms. The summed E-state index contributed by atoms with van der Waals surface area (Å²) in [7, 11) is 0. The van der Waals surface area contributed by atoms with Crippen LogP contribution in [0.1, 0.15) is 31.9 Å². The number of aliphatic hydroxyl groups is 1. The van der Waals surface area contributed by atoms with E-state index in [4.69, 9.17) is 5.11 Å². The van der Waals surface area contributed by atoms with Crippen LogP contribution in [0.15, 0.2) is 24.3 Å². The summed E-state index contributed by atoms with van der Waals surface area (Å²) in [5.41, 5.74) is -0.368. The summed E-state index contributed by atoms with van der Waals surface area (Å²) >= 11 is 0. The van der Waals surface area contributed by atoms with Crippen molar-refractivity contribution in [3.05, 3.63) is 35.6 Å². The maximum Gasteiger partial charge on any atom is 0.408 e. The minimum absolute atomic E-state index is 0.143. The molecule has 1 aliphatic rings. The fourth-order valence-electron chi connectivity index (χ4n) is 2.61. The third kappa shape index (κ3) is 1.95. The van der Waals surface area contributed by atoms with E-state index in [1.807, 2.05) is 0 Å². The lowest BCUT2D eigenvalue weighted by atomic mass is 9.77. The van der Waals surface area contributed by atoms with Gasteiger partial charge in [0.05, 0.1) is 6.04 Å². The number of carboxylic acid groups (broad SMARTS) is 1.